The van der Waals surface area contributed by atoms with Crippen molar-refractivity contribution >= 4 is 16.3 Å². The Labute approximate surface area is 158 Å². The van der Waals surface area contributed by atoms with Gasteiger partial charge in [0.05, 0.1) is 10.9 Å². The van der Waals surface area contributed by atoms with Gasteiger partial charge in [-0.25, -0.2) is 4.98 Å². The standard InChI is InChI=1S/C20H26N4OS/c1-4-16-21-20-24(22-16)19(25)18(26-20)17(15-9-7-13(2)8-10-15)23-11-5-6-14(3)12-23/h7-10,14,17,25H,4-6,11-12H2,1-3H3. The van der Waals surface area contributed by atoms with Crippen LogP contribution in [-0.2, 0) is 6.42 Å². The molecule has 0 spiro atoms. The number of hydrogen-bond acceptors (Lipinski definition) is 5. The number of rotatable bonds is 4. The quantitative estimate of drug-likeness (QED) is 0.748. The van der Waals surface area contributed by atoms with Gasteiger partial charge in [0.15, 0.2) is 5.82 Å². The lowest BCUT2D eigenvalue weighted by atomic mass is 9.95. The van der Waals surface area contributed by atoms with Crippen LogP contribution >= 0.6 is 11.3 Å². The van der Waals surface area contributed by atoms with Gasteiger partial charge < -0.3 is 5.11 Å². The first kappa shape index (κ1) is 17.5. The van der Waals surface area contributed by atoms with Gasteiger partial charge in [0.2, 0.25) is 10.8 Å². The summed E-state index contributed by atoms with van der Waals surface area (Å²) in [6.07, 6.45) is 3.25. The zero-order valence-corrected chi connectivity index (χ0v) is 16.5. The van der Waals surface area contributed by atoms with E-state index in [-0.39, 0.29) is 11.9 Å². The summed E-state index contributed by atoms with van der Waals surface area (Å²) >= 11 is 1.56. The van der Waals surface area contributed by atoms with Crippen LogP contribution < -0.4 is 0 Å². The molecule has 138 valence electrons. The topological polar surface area (TPSA) is 53.7 Å². The van der Waals surface area contributed by atoms with Gasteiger partial charge >= 0.3 is 0 Å². The fourth-order valence-electron chi connectivity index (χ4n) is 3.86. The lowest BCUT2D eigenvalue weighted by Crippen LogP contribution is -2.37. The van der Waals surface area contributed by atoms with E-state index in [2.05, 4.69) is 53.1 Å². The van der Waals surface area contributed by atoms with Crippen LogP contribution in [0.3, 0.4) is 0 Å². The zero-order chi connectivity index (χ0) is 18.3. The molecule has 6 heteroatoms. The van der Waals surface area contributed by atoms with Crippen LogP contribution in [0.15, 0.2) is 24.3 Å². The second kappa shape index (κ2) is 7.00. The SMILES string of the molecule is CCc1nc2sc(C(c3ccc(C)cc3)N3CCCC(C)C3)c(O)n2n1. The number of likely N-dealkylation sites (tertiary alicyclic amines) is 1. The molecule has 1 N–H and O–H groups in total. The molecule has 1 aromatic carbocycles. The van der Waals surface area contributed by atoms with Gasteiger partial charge in [-0.2, -0.15) is 4.52 Å². The Morgan fingerprint density at radius 1 is 1.31 bits per heavy atom. The smallest absolute Gasteiger partial charge is 0.230 e. The molecular weight excluding hydrogens is 344 g/mol. The van der Waals surface area contributed by atoms with Gasteiger partial charge in [-0.15, -0.1) is 5.10 Å². The largest absolute Gasteiger partial charge is 0.492 e. The number of aromatic nitrogens is 3. The summed E-state index contributed by atoms with van der Waals surface area (Å²) in [5, 5.41) is 15.4. The molecule has 2 atom stereocenters. The second-order valence-electron chi connectivity index (χ2n) is 7.42. The Hall–Kier alpha value is -1.92. The number of hydrogen-bond donors (Lipinski definition) is 1. The van der Waals surface area contributed by atoms with E-state index in [0.29, 0.717) is 5.92 Å². The van der Waals surface area contributed by atoms with Crippen molar-refractivity contribution in [1.29, 1.82) is 0 Å². The third-order valence-electron chi connectivity index (χ3n) is 5.25. The number of fused-ring (bicyclic) bond motifs is 1. The number of nitrogens with zero attached hydrogens (tertiary/aromatic N) is 4. The Balaban J connectivity index is 1.80. The average molecular weight is 371 g/mol. The predicted molar refractivity (Wildman–Crippen MR) is 105 cm³/mol. The summed E-state index contributed by atoms with van der Waals surface area (Å²) in [5.41, 5.74) is 2.47. The van der Waals surface area contributed by atoms with Crippen molar-refractivity contribution in [2.45, 2.75) is 46.1 Å². The van der Waals surface area contributed by atoms with Crippen LogP contribution in [0.1, 0.15) is 54.6 Å². The molecule has 0 radical (unpaired) electrons. The molecule has 0 bridgehead atoms. The van der Waals surface area contributed by atoms with Crippen LogP contribution in [0, 0.1) is 12.8 Å². The summed E-state index contributed by atoms with van der Waals surface area (Å²) in [5.74, 6) is 1.69. The number of aromatic hydroxyl groups is 1. The highest BCUT2D eigenvalue weighted by molar-refractivity contribution is 7.17. The predicted octanol–water partition coefficient (Wildman–Crippen LogP) is 4.19. The minimum Gasteiger partial charge on any atom is -0.492 e. The summed E-state index contributed by atoms with van der Waals surface area (Å²) in [6, 6.07) is 8.73. The van der Waals surface area contributed by atoms with E-state index in [0.717, 1.165) is 35.2 Å². The molecule has 0 aliphatic carbocycles. The molecule has 26 heavy (non-hydrogen) atoms. The molecule has 1 fully saturated rings. The Morgan fingerprint density at radius 3 is 2.73 bits per heavy atom. The van der Waals surface area contributed by atoms with Crippen molar-refractivity contribution in [3.8, 4) is 5.88 Å². The molecule has 0 saturated carbocycles. The molecular formula is C20H26N4OS. The van der Waals surface area contributed by atoms with Crippen LogP contribution in [-0.4, -0.2) is 37.7 Å². The number of piperidine rings is 1. The van der Waals surface area contributed by atoms with E-state index < -0.39 is 0 Å². The molecule has 3 aromatic rings. The Morgan fingerprint density at radius 2 is 2.08 bits per heavy atom. The van der Waals surface area contributed by atoms with E-state index in [1.165, 1.54) is 24.0 Å². The van der Waals surface area contributed by atoms with Crippen molar-refractivity contribution in [3.63, 3.8) is 0 Å². The normalized spacial score (nSPS) is 19.9. The molecule has 1 aliphatic rings. The van der Waals surface area contributed by atoms with Gasteiger partial charge in [0.1, 0.15) is 0 Å². The van der Waals surface area contributed by atoms with Gasteiger partial charge in [-0.05, 0) is 37.8 Å². The van der Waals surface area contributed by atoms with Gasteiger partial charge in [-0.3, -0.25) is 4.90 Å². The van der Waals surface area contributed by atoms with Gasteiger partial charge in [0.25, 0.3) is 0 Å². The van der Waals surface area contributed by atoms with Crippen molar-refractivity contribution < 1.29 is 5.11 Å². The molecule has 1 saturated heterocycles. The number of aryl methyl sites for hydroxylation is 2. The first-order chi connectivity index (χ1) is 12.6. The van der Waals surface area contributed by atoms with Crippen molar-refractivity contribution in [3.05, 3.63) is 46.1 Å². The summed E-state index contributed by atoms with van der Waals surface area (Å²) < 4.78 is 1.60. The van der Waals surface area contributed by atoms with E-state index >= 15 is 0 Å². The minimum atomic E-state index is 0.0527. The first-order valence-electron chi connectivity index (χ1n) is 9.44. The number of thiazole rings is 1. The van der Waals surface area contributed by atoms with E-state index in [4.69, 9.17) is 0 Å². The van der Waals surface area contributed by atoms with E-state index in [1.807, 2.05) is 6.92 Å². The maximum Gasteiger partial charge on any atom is 0.230 e. The first-order valence-corrected chi connectivity index (χ1v) is 10.3. The molecule has 1 aliphatic heterocycles. The highest BCUT2D eigenvalue weighted by Crippen LogP contribution is 2.41. The fourth-order valence-corrected chi connectivity index (χ4v) is 4.99. The summed E-state index contributed by atoms with van der Waals surface area (Å²) in [4.78, 5) is 8.78. The molecule has 3 heterocycles. The van der Waals surface area contributed by atoms with E-state index in [1.54, 1.807) is 15.9 Å². The van der Waals surface area contributed by atoms with Crippen LogP contribution in [0.2, 0.25) is 0 Å². The van der Waals surface area contributed by atoms with E-state index in [9.17, 15) is 5.11 Å². The minimum absolute atomic E-state index is 0.0527. The Bertz CT molecular complexity index is 899. The van der Waals surface area contributed by atoms with Crippen LogP contribution in [0.25, 0.3) is 4.96 Å². The third kappa shape index (κ3) is 3.12. The lowest BCUT2D eigenvalue weighted by Gasteiger charge is -2.37. The summed E-state index contributed by atoms with van der Waals surface area (Å²) in [7, 11) is 0. The fraction of sp³-hybridized carbons (Fsp3) is 0.500. The summed E-state index contributed by atoms with van der Waals surface area (Å²) in [6.45, 7) is 8.55. The average Bonchev–Trinajstić information content (AvgIpc) is 3.17. The maximum absolute atomic E-state index is 10.9. The highest BCUT2D eigenvalue weighted by Gasteiger charge is 2.31. The maximum atomic E-state index is 10.9. The monoisotopic (exact) mass is 370 g/mol. The molecule has 4 rings (SSSR count). The number of benzene rings is 1. The molecule has 2 aromatic heterocycles. The molecule has 0 amide bonds. The van der Waals surface area contributed by atoms with Crippen LogP contribution in [0.5, 0.6) is 5.88 Å². The zero-order valence-electron chi connectivity index (χ0n) is 15.6. The van der Waals surface area contributed by atoms with Crippen LogP contribution in [0.4, 0.5) is 0 Å². The second-order valence-corrected chi connectivity index (χ2v) is 8.43. The highest BCUT2D eigenvalue weighted by atomic mass is 32.1. The van der Waals surface area contributed by atoms with Crippen molar-refractivity contribution in [2.24, 2.45) is 5.92 Å². The Kier molecular flexibility index (Phi) is 4.71. The van der Waals surface area contributed by atoms with Gasteiger partial charge in [-0.1, -0.05) is 55.0 Å². The third-order valence-corrected chi connectivity index (χ3v) is 6.33. The molecule has 2 unspecified atom stereocenters. The van der Waals surface area contributed by atoms with Crippen molar-refractivity contribution in [1.82, 2.24) is 19.5 Å². The van der Waals surface area contributed by atoms with Crippen molar-refractivity contribution in [2.75, 3.05) is 13.1 Å². The lowest BCUT2D eigenvalue weighted by molar-refractivity contribution is 0.149. The van der Waals surface area contributed by atoms with Gasteiger partial charge in [0, 0.05) is 13.0 Å². The molecule has 5 nitrogen and oxygen atoms in total.